The van der Waals surface area contributed by atoms with E-state index in [1.165, 1.54) is 45.3 Å². The summed E-state index contributed by atoms with van der Waals surface area (Å²) >= 11 is 0. The minimum absolute atomic E-state index is 0. The number of hydrogen-bond acceptors (Lipinski definition) is 3. The van der Waals surface area contributed by atoms with Crippen molar-refractivity contribution in [2.45, 2.75) is 52.4 Å². The van der Waals surface area contributed by atoms with Gasteiger partial charge in [-0.05, 0) is 72.0 Å². The highest BCUT2D eigenvalue weighted by Crippen LogP contribution is 2.08. The molecule has 0 radical (unpaired) electrons. The Labute approximate surface area is 160 Å². The van der Waals surface area contributed by atoms with Gasteiger partial charge in [-0.25, -0.2) is 0 Å². The summed E-state index contributed by atoms with van der Waals surface area (Å²) in [6, 6.07) is 0. The van der Waals surface area contributed by atoms with Crippen molar-refractivity contribution in [1.82, 2.24) is 15.5 Å². The van der Waals surface area contributed by atoms with Crippen molar-refractivity contribution in [2.24, 2.45) is 4.99 Å². The van der Waals surface area contributed by atoms with E-state index in [-0.39, 0.29) is 24.0 Å². The van der Waals surface area contributed by atoms with Gasteiger partial charge in [0.1, 0.15) is 0 Å². The summed E-state index contributed by atoms with van der Waals surface area (Å²) in [5, 5.41) is 6.72. The summed E-state index contributed by atoms with van der Waals surface area (Å²) in [6.45, 7) is 12.5. The van der Waals surface area contributed by atoms with E-state index in [1.807, 2.05) is 6.92 Å². The van der Waals surface area contributed by atoms with Crippen molar-refractivity contribution >= 4 is 29.9 Å². The summed E-state index contributed by atoms with van der Waals surface area (Å²) in [4.78, 5) is 7.23. The number of halogens is 1. The lowest BCUT2D eigenvalue weighted by atomic mass is 10.3. The molecule has 0 saturated carbocycles. The lowest BCUT2D eigenvalue weighted by Crippen LogP contribution is -2.38. The molecule has 138 valence electrons. The van der Waals surface area contributed by atoms with Gasteiger partial charge in [-0.2, -0.15) is 0 Å². The van der Waals surface area contributed by atoms with Crippen LogP contribution in [0.15, 0.2) is 4.99 Å². The van der Waals surface area contributed by atoms with Crippen molar-refractivity contribution in [3.8, 4) is 0 Å². The van der Waals surface area contributed by atoms with Crippen LogP contribution in [0.1, 0.15) is 52.4 Å². The van der Waals surface area contributed by atoms with Gasteiger partial charge in [0, 0.05) is 32.8 Å². The third-order valence-electron chi connectivity index (χ3n) is 3.91. The lowest BCUT2D eigenvalue weighted by molar-refractivity contribution is 0.143. The highest BCUT2D eigenvalue weighted by molar-refractivity contribution is 14.0. The van der Waals surface area contributed by atoms with Crippen LogP contribution >= 0.6 is 24.0 Å². The molecule has 1 saturated heterocycles. The summed E-state index contributed by atoms with van der Waals surface area (Å²) in [6.07, 6.45) is 7.44. The summed E-state index contributed by atoms with van der Waals surface area (Å²) < 4.78 is 5.34. The van der Waals surface area contributed by atoms with Gasteiger partial charge >= 0.3 is 0 Å². The largest absolute Gasteiger partial charge is 0.382 e. The molecule has 1 aliphatic rings. The molecule has 0 amide bonds. The topological polar surface area (TPSA) is 48.9 Å². The highest BCUT2D eigenvalue weighted by atomic mass is 127. The van der Waals surface area contributed by atoms with Crippen LogP contribution in [-0.2, 0) is 4.74 Å². The Morgan fingerprint density at radius 3 is 2.52 bits per heavy atom. The molecule has 1 fully saturated rings. The molecule has 5 nitrogen and oxygen atoms in total. The number of nitrogens with zero attached hydrogens (tertiary/aromatic N) is 2. The van der Waals surface area contributed by atoms with E-state index in [0.717, 1.165) is 51.6 Å². The number of aliphatic imine (C=N–C) groups is 1. The van der Waals surface area contributed by atoms with Gasteiger partial charge in [0.2, 0.25) is 0 Å². The number of ether oxygens (including phenoxy) is 1. The predicted molar refractivity (Wildman–Crippen MR) is 110 cm³/mol. The minimum Gasteiger partial charge on any atom is -0.382 e. The Balaban J connectivity index is 0.00000484. The third kappa shape index (κ3) is 12.9. The number of likely N-dealkylation sites (tertiary alicyclic amines) is 1. The first kappa shape index (κ1) is 22.9. The fourth-order valence-electron chi connectivity index (χ4n) is 2.67. The van der Waals surface area contributed by atoms with Crippen molar-refractivity contribution < 1.29 is 4.74 Å². The summed E-state index contributed by atoms with van der Waals surface area (Å²) in [7, 11) is 0. The van der Waals surface area contributed by atoms with E-state index in [1.54, 1.807) is 0 Å². The number of guanidine groups is 1. The molecule has 1 heterocycles. The van der Waals surface area contributed by atoms with E-state index in [9.17, 15) is 0 Å². The molecule has 0 aliphatic carbocycles. The van der Waals surface area contributed by atoms with Crippen LogP contribution in [0.5, 0.6) is 0 Å². The van der Waals surface area contributed by atoms with Crippen LogP contribution < -0.4 is 10.6 Å². The Hall–Kier alpha value is -0.0800. The molecule has 0 atom stereocenters. The maximum atomic E-state index is 5.34. The molecule has 0 spiro atoms. The van der Waals surface area contributed by atoms with Crippen LogP contribution in [0.3, 0.4) is 0 Å². The number of nitrogens with one attached hydrogen (secondary N) is 2. The van der Waals surface area contributed by atoms with E-state index in [2.05, 4.69) is 27.4 Å². The summed E-state index contributed by atoms with van der Waals surface area (Å²) in [5.74, 6) is 0.958. The van der Waals surface area contributed by atoms with Crippen LogP contribution in [0.2, 0.25) is 0 Å². The first-order valence-corrected chi connectivity index (χ1v) is 9.19. The Morgan fingerprint density at radius 1 is 1.04 bits per heavy atom. The fourth-order valence-corrected chi connectivity index (χ4v) is 2.67. The Morgan fingerprint density at radius 2 is 1.83 bits per heavy atom. The van der Waals surface area contributed by atoms with E-state index in [0.29, 0.717) is 0 Å². The molecular formula is C17H37IN4O. The first-order valence-electron chi connectivity index (χ1n) is 9.19. The van der Waals surface area contributed by atoms with E-state index in [4.69, 9.17) is 4.74 Å². The lowest BCUT2D eigenvalue weighted by Gasteiger charge is -2.14. The molecule has 2 N–H and O–H groups in total. The monoisotopic (exact) mass is 440 g/mol. The maximum absolute atomic E-state index is 5.34. The quantitative estimate of drug-likeness (QED) is 0.212. The minimum atomic E-state index is 0. The van der Waals surface area contributed by atoms with E-state index >= 15 is 0 Å². The zero-order chi connectivity index (χ0) is 15.9. The molecule has 0 aromatic carbocycles. The van der Waals surface area contributed by atoms with Crippen LogP contribution in [0.25, 0.3) is 0 Å². The molecule has 0 aromatic heterocycles. The van der Waals surface area contributed by atoms with Gasteiger partial charge in [0.25, 0.3) is 0 Å². The number of hydrogen-bond donors (Lipinski definition) is 2. The Bertz CT molecular complexity index is 284. The third-order valence-corrected chi connectivity index (χ3v) is 3.91. The Kier molecular flexibility index (Phi) is 16.7. The van der Waals surface area contributed by atoms with Gasteiger partial charge in [-0.3, -0.25) is 4.99 Å². The standard InChI is InChI=1S/C17H36N4O.HI/c1-3-18-17(20-12-6-10-16-22-4-2)19-11-5-7-13-21-14-8-9-15-21;/h3-16H2,1-2H3,(H2,18,19,20);1H. The maximum Gasteiger partial charge on any atom is 0.191 e. The van der Waals surface area contributed by atoms with Gasteiger partial charge in [-0.15, -0.1) is 24.0 Å². The van der Waals surface area contributed by atoms with Gasteiger partial charge in [-0.1, -0.05) is 0 Å². The zero-order valence-corrected chi connectivity index (χ0v) is 17.4. The van der Waals surface area contributed by atoms with Gasteiger partial charge in [0.05, 0.1) is 0 Å². The van der Waals surface area contributed by atoms with Crippen LogP contribution in [0.4, 0.5) is 0 Å². The van der Waals surface area contributed by atoms with E-state index < -0.39 is 0 Å². The second-order valence-electron chi connectivity index (χ2n) is 5.85. The molecule has 0 unspecified atom stereocenters. The molecule has 6 heteroatoms. The second-order valence-corrected chi connectivity index (χ2v) is 5.85. The average molecular weight is 440 g/mol. The highest BCUT2D eigenvalue weighted by Gasteiger charge is 2.09. The summed E-state index contributed by atoms with van der Waals surface area (Å²) in [5.41, 5.74) is 0. The zero-order valence-electron chi connectivity index (χ0n) is 15.1. The molecule has 0 aromatic rings. The normalized spacial score (nSPS) is 15.5. The predicted octanol–water partition coefficient (Wildman–Crippen LogP) is 2.85. The van der Waals surface area contributed by atoms with Crippen molar-refractivity contribution in [3.63, 3.8) is 0 Å². The molecular weight excluding hydrogens is 403 g/mol. The van der Waals surface area contributed by atoms with Crippen molar-refractivity contribution in [3.05, 3.63) is 0 Å². The molecule has 23 heavy (non-hydrogen) atoms. The van der Waals surface area contributed by atoms with Crippen LogP contribution in [0, 0.1) is 0 Å². The molecule has 0 bridgehead atoms. The number of rotatable bonds is 12. The van der Waals surface area contributed by atoms with Gasteiger partial charge < -0.3 is 20.3 Å². The fraction of sp³-hybridized carbons (Fsp3) is 0.941. The smallest absolute Gasteiger partial charge is 0.191 e. The average Bonchev–Trinajstić information content (AvgIpc) is 3.03. The SMILES string of the molecule is CCNC(=NCCCCN1CCCC1)NCCCCOCC.I. The van der Waals surface area contributed by atoms with Crippen LogP contribution in [-0.4, -0.2) is 63.3 Å². The second kappa shape index (κ2) is 16.8. The first-order chi connectivity index (χ1) is 10.9. The van der Waals surface area contributed by atoms with Crippen molar-refractivity contribution in [1.29, 1.82) is 0 Å². The molecule has 1 rings (SSSR count). The van der Waals surface area contributed by atoms with Crippen molar-refractivity contribution in [2.75, 3.05) is 52.5 Å². The number of unbranched alkanes of at least 4 members (excludes halogenated alkanes) is 2. The molecule has 1 aliphatic heterocycles. The van der Waals surface area contributed by atoms with Gasteiger partial charge in [0.15, 0.2) is 5.96 Å².